The molecule has 0 amide bonds. The van der Waals surface area contributed by atoms with E-state index in [9.17, 15) is 14.7 Å². The van der Waals surface area contributed by atoms with Crippen molar-refractivity contribution in [2.45, 2.75) is 96.8 Å². The van der Waals surface area contributed by atoms with Crippen LogP contribution < -0.4 is 5.11 Å². The largest absolute Gasteiger partial charge is 1.00 e. The topological polar surface area (TPSA) is 66.4 Å². The molecule has 0 aliphatic rings. The van der Waals surface area contributed by atoms with Crippen molar-refractivity contribution < 1.29 is 19.4 Å². The van der Waals surface area contributed by atoms with E-state index in [1.165, 1.54) is 77.0 Å². The summed E-state index contributed by atoms with van der Waals surface area (Å²) in [5.41, 5.74) is 0. The summed E-state index contributed by atoms with van der Waals surface area (Å²) in [5, 5.41) is 10.1. The molecule has 0 rings (SSSR count). The van der Waals surface area contributed by atoms with Crippen molar-refractivity contribution in [3.63, 3.8) is 0 Å². The van der Waals surface area contributed by atoms with Gasteiger partial charge in [-0.2, -0.15) is 0 Å². The molecule has 0 aromatic carbocycles. The Balaban J connectivity index is 0. The molecule has 0 unspecified atom stereocenters. The molecule has 0 aromatic heterocycles. The smallest absolute Gasteiger partial charge is 0.545 e. The minimum Gasteiger partial charge on any atom is -0.545 e. The van der Waals surface area contributed by atoms with Crippen LogP contribution in [0.5, 0.6) is 0 Å². The van der Waals surface area contributed by atoms with Gasteiger partial charge in [0, 0.05) is 6.08 Å². The van der Waals surface area contributed by atoms with Crippen LogP contribution in [0.3, 0.4) is 0 Å². The van der Waals surface area contributed by atoms with Crippen molar-refractivity contribution in [2.24, 2.45) is 0 Å². The number of carboxylic acids is 1. The van der Waals surface area contributed by atoms with Crippen LogP contribution in [0.15, 0.2) is 12.2 Å². The van der Waals surface area contributed by atoms with Gasteiger partial charge in [0.1, 0.15) is 0 Å². The third-order valence-electron chi connectivity index (χ3n) is 4.10. The van der Waals surface area contributed by atoms with E-state index in [2.05, 4.69) is 6.92 Å². The van der Waals surface area contributed by atoms with E-state index in [0.717, 1.165) is 18.9 Å². The van der Waals surface area contributed by atoms with Crippen LogP contribution in [0, 0.1) is 0 Å². The molecule has 141 valence electrons. The van der Waals surface area contributed by atoms with E-state index >= 15 is 0 Å². The fourth-order valence-corrected chi connectivity index (χ4v) is 2.65. The Morgan fingerprint density at radius 2 is 1.12 bits per heavy atom. The van der Waals surface area contributed by atoms with E-state index in [-0.39, 0.29) is 37.7 Å². The quantitative estimate of drug-likeness (QED) is 0.166. The van der Waals surface area contributed by atoms with Gasteiger partial charge < -0.3 is 14.6 Å². The van der Waals surface area contributed by atoms with Gasteiger partial charge in [0.05, 0.1) is 12.6 Å². The molecule has 0 atom stereocenters. The molecule has 5 heteroatoms. The zero-order chi connectivity index (χ0) is 17.9. The van der Waals surface area contributed by atoms with Gasteiger partial charge in [-0.25, -0.2) is 4.79 Å². The number of aliphatic carboxylic acids is 1. The minimum absolute atomic E-state index is 0. The second-order valence-corrected chi connectivity index (χ2v) is 6.42. The van der Waals surface area contributed by atoms with Crippen LogP contribution in [0.1, 0.15) is 96.8 Å². The molecule has 25 heavy (non-hydrogen) atoms. The van der Waals surface area contributed by atoms with E-state index in [1.807, 2.05) is 0 Å². The van der Waals surface area contributed by atoms with Crippen molar-refractivity contribution >= 4 is 49.7 Å². The molecule has 0 N–H and O–H groups in total. The molecule has 1 radical (unpaired) electrons. The van der Waals surface area contributed by atoms with E-state index < -0.39 is 11.9 Å². The van der Waals surface area contributed by atoms with Crippen molar-refractivity contribution in [3.05, 3.63) is 12.2 Å². The van der Waals surface area contributed by atoms with Gasteiger partial charge in [0.25, 0.3) is 0 Å². The van der Waals surface area contributed by atoms with Gasteiger partial charge in [-0.3, -0.25) is 0 Å². The molecular weight excluding hydrogens is 344 g/mol. The van der Waals surface area contributed by atoms with Gasteiger partial charge in [0.15, 0.2) is 0 Å². The summed E-state index contributed by atoms with van der Waals surface area (Å²) in [6.45, 7) is 2.61. The van der Waals surface area contributed by atoms with Crippen LogP contribution in [0.2, 0.25) is 0 Å². The number of carboxylic acid groups (broad SMARTS) is 1. The predicted octanol–water partition coefficient (Wildman–Crippen LogP) is 3.94. The second kappa shape index (κ2) is 22.0. The second-order valence-electron chi connectivity index (χ2n) is 6.42. The van der Waals surface area contributed by atoms with Crippen molar-refractivity contribution in [2.75, 3.05) is 6.61 Å². The molecule has 0 aliphatic carbocycles. The number of esters is 1. The maximum Gasteiger partial charge on any atom is 1.00 e. The van der Waals surface area contributed by atoms with Crippen LogP contribution in [-0.2, 0) is 14.3 Å². The Morgan fingerprint density at radius 1 is 0.720 bits per heavy atom. The number of unbranched alkanes of at least 4 members (excludes halogenated alkanes) is 13. The molecule has 0 spiro atoms. The fourth-order valence-electron chi connectivity index (χ4n) is 2.65. The van der Waals surface area contributed by atoms with Gasteiger partial charge in [-0.1, -0.05) is 90.4 Å². The molecule has 0 fully saturated rings. The number of carbonyl (C=O) groups is 2. The van der Waals surface area contributed by atoms with E-state index in [0.29, 0.717) is 12.7 Å². The summed E-state index contributed by atoms with van der Waals surface area (Å²) in [4.78, 5) is 21.2. The summed E-state index contributed by atoms with van der Waals surface area (Å²) in [5.74, 6) is -2.00. The maximum absolute atomic E-state index is 11.1. The summed E-state index contributed by atoms with van der Waals surface area (Å²) >= 11 is 0. The van der Waals surface area contributed by atoms with Crippen molar-refractivity contribution in [3.8, 4) is 0 Å². The Labute approximate surface area is 183 Å². The van der Waals surface area contributed by atoms with Crippen LogP contribution >= 0.6 is 0 Å². The summed E-state index contributed by atoms with van der Waals surface area (Å²) in [6, 6.07) is 0. The minimum atomic E-state index is -1.39. The first-order valence-corrected chi connectivity index (χ1v) is 9.72. The predicted molar refractivity (Wildman–Crippen MR) is 101 cm³/mol. The maximum atomic E-state index is 11.1. The fraction of sp³-hybridized carbons (Fsp3) is 0.800. The van der Waals surface area contributed by atoms with Crippen molar-refractivity contribution in [1.82, 2.24) is 0 Å². The average molecular weight is 380 g/mol. The molecule has 0 aromatic rings. The molecule has 0 aliphatic heterocycles. The van der Waals surface area contributed by atoms with Gasteiger partial charge in [0.2, 0.25) is 0 Å². The van der Waals surface area contributed by atoms with E-state index in [4.69, 9.17) is 4.74 Å². The normalized spacial score (nSPS) is 10.6. The summed E-state index contributed by atoms with van der Waals surface area (Å²) < 4.78 is 4.88. The first-order chi connectivity index (χ1) is 11.7. The average Bonchev–Trinajstić information content (AvgIpc) is 2.56. The SMILES string of the molecule is CCCCCCCCCCCCCCCCOC(=O)C=CC(=O)[O-].[Ca+]. The monoisotopic (exact) mass is 379 g/mol. The molecule has 0 bridgehead atoms. The van der Waals surface area contributed by atoms with Crippen LogP contribution in [0.4, 0.5) is 0 Å². The third kappa shape index (κ3) is 23.9. The third-order valence-corrected chi connectivity index (χ3v) is 4.10. The summed E-state index contributed by atoms with van der Waals surface area (Å²) in [6.07, 6.45) is 19.5. The zero-order valence-corrected chi connectivity index (χ0v) is 18.3. The number of ether oxygens (including phenoxy) is 1. The molecular formula is C20H35CaO4. The molecule has 0 saturated heterocycles. The molecule has 4 nitrogen and oxygen atoms in total. The standard InChI is InChI=1S/C20H36O4.Ca/c1-2-3-4-5-6-7-8-9-10-11-12-13-14-15-18-24-20(23)17-16-19(21)22;/h16-17H,2-15,18H2,1H3,(H,21,22);/q;+1/p-1. The number of hydrogen-bond acceptors (Lipinski definition) is 4. The Hall–Kier alpha value is -0.0603. The number of rotatable bonds is 17. The Morgan fingerprint density at radius 3 is 1.52 bits per heavy atom. The van der Waals surface area contributed by atoms with Gasteiger partial charge in [-0.05, 0) is 12.5 Å². The van der Waals surface area contributed by atoms with E-state index in [1.54, 1.807) is 0 Å². The number of carbonyl (C=O) groups excluding carboxylic acids is 2. The van der Waals surface area contributed by atoms with Gasteiger partial charge >= 0.3 is 43.7 Å². The van der Waals surface area contributed by atoms with Crippen LogP contribution in [-0.4, -0.2) is 56.3 Å². The summed E-state index contributed by atoms with van der Waals surface area (Å²) in [7, 11) is 0. The Bertz CT molecular complexity index is 343. The first-order valence-electron chi connectivity index (χ1n) is 9.72. The number of hydrogen-bond donors (Lipinski definition) is 0. The molecule has 0 saturated carbocycles. The zero-order valence-electron chi connectivity index (χ0n) is 16.1. The first kappa shape index (κ1) is 27.2. The van der Waals surface area contributed by atoms with Crippen LogP contribution in [0.25, 0.3) is 0 Å². The van der Waals surface area contributed by atoms with Gasteiger partial charge in [-0.15, -0.1) is 0 Å². The Kier molecular flexibility index (Phi) is 23.9. The van der Waals surface area contributed by atoms with Crippen molar-refractivity contribution in [1.29, 1.82) is 0 Å². The molecule has 0 heterocycles.